The van der Waals surface area contributed by atoms with Gasteiger partial charge < -0.3 is 0 Å². The number of nitrogens with zero attached hydrogens (tertiary/aromatic N) is 2. The monoisotopic (exact) mass is 418 g/mol. The van der Waals surface area contributed by atoms with Crippen molar-refractivity contribution in [2.75, 3.05) is 43.9 Å². The van der Waals surface area contributed by atoms with Crippen LogP contribution in [0.3, 0.4) is 0 Å². The van der Waals surface area contributed by atoms with Crippen molar-refractivity contribution >= 4 is 31.6 Å². The Balaban J connectivity index is 1.77. The predicted molar refractivity (Wildman–Crippen MR) is 105 cm³/mol. The van der Waals surface area contributed by atoms with Gasteiger partial charge in [0.25, 0.3) is 0 Å². The highest BCUT2D eigenvalue weighted by molar-refractivity contribution is 7.99. The van der Waals surface area contributed by atoms with E-state index in [1.165, 1.54) is 35.0 Å². The third-order valence-corrected chi connectivity index (χ3v) is 9.48. The molecule has 0 unspecified atom stereocenters. The largest absolute Gasteiger partial charge is 0.297 e. The molecule has 0 amide bonds. The molecule has 1 atom stereocenters. The van der Waals surface area contributed by atoms with Gasteiger partial charge in [0, 0.05) is 44.2 Å². The van der Waals surface area contributed by atoms with Gasteiger partial charge in [0.05, 0.1) is 9.79 Å². The van der Waals surface area contributed by atoms with Gasteiger partial charge in [-0.05, 0) is 43.2 Å². The Kier molecular flexibility index (Phi) is 6.03. The molecule has 0 radical (unpaired) electrons. The normalized spacial score (nSPS) is 23.8. The quantitative estimate of drug-likeness (QED) is 0.739. The fourth-order valence-corrected chi connectivity index (χ4v) is 7.13. The van der Waals surface area contributed by atoms with Crippen LogP contribution in [0.4, 0.5) is 0 Å². The molecule has 0 N–H and O–H groups in total. The van der Waals surface area contributed by atoms with Crippen LogP contribution in [-0.2, 0) is 19.9 Å². The third kappa shape index (κ3) is 4.27. The summed E-state index contributed by atoms with van der Waals surface area (Å²) in [6, 6.07) is 4.87. The molecule has 2 aliphatic rings. The van der Waals surface area contributed by atoms with E-state index in [0.717, 1.165) is 25.1 Å². The third-order valence-electron chi connectivity index (χ3n) is 5.13. The highest BCUT2D eigenvalue weighted by Crippen LogP contribution is 2.27. The molecule has 0 bridgehead atoms. The molecule has 1 aromatic rings. The molecule has 3 rings (SSSR count). The molecule has 0 aromatic heterocycles. The van der Waals surface area contributed by atoms with Gasteiger partial charge in [-0.15, -0.1) is 0 Å². The Morgan fingerprint density at radius 2 is 1.77 bits per heavy atom. The molecule has 6 nitrogen and oxygen atoms in total. The number of piperazine rings is 1. The van der Waals surface area contributed by atoms with Crippen LogP contribution in [0.5, 0.6) is 0 Å². The number of sulfone groups is 1. The van der Waals surface area contributed by atoms with E-state index in [4.69, 9.17) is 0 Å². The molecule has 146 valence electrons. The van der Waals surface area contributed by atoms with Crippen LogP contribution < -0.4 is 0 Å². The second-order valence-corrected chi connectivity index (χ2v) is 12.1. The molecule has 2 aliphatic heterocycles. The second-order valence-electron chi connectivity index (χ2n) is 7.01. The average Bonchev–Trinajstić information content (AvgIpc) is 2.62. The Morgan fingerprint density at radius 1 is 1.08 bits per heavy atom. The zero-order valence-electron chi connectivity index (χ0n) is 15.2. The lowest BCUT2D eigenvalue weighted by Gasteiger charge is -2.40. The summed E-state index contributed by atoms with van der Waals surface area (Å²) in [5, 5.41) is 0. The Bertz CT molecular complexity index is 854. The maximum absolute atomic E-state index is 13.1. The predicted octanol–water partition coefficient (Wildman–Crippen LogP) is 1.60. The van der Waals surface area contributed by atoms with Gasteiger partial charge in [-0.1, -0.05) is 6.07 Å². The Labute approximate surface area is 160 Å². The lowest BCUT2D eigenvalue weighted by molar-refractivity contribution is 0.140. The van der Waals surface area contributed by atoms with Crippen LogP contribution >= 0.6 is 11.8 Å². The van der Waals surface area contributed by atoms with Crippen molar-refractivity contribution in [3.63, 3.8) is 0 Å². The van der Waals surface area contributed by atoms with E-state index in [9.17, 15) is 16.8 Å². The van der Waals surface area contributed by atoms with E-state index in [1.807, 2.05) is 11.8 Å². The number of hydrogen-bond donors (Lipinski definition) is 0. The maximum atomic E-state index is 13.1. The van der Waals surface area contributed by atoms with Crippen LogP contribution in [-0.4, -0.2) is 76.0 Å². The second kappa shape index (κ2) is 7.79. The van der Waals surface area contributed by atoms with Gasteiger partial charge in [0.2, 0.25) is 10.0 Å². The molecule has 0 aliphatic carbocycles. The fraction of sp³-hybridized carbons (Fsp3) is 0.647. The van der Waals surface area contributed by atoms with Crippen LogP contribution in [0, 0.1) is 6.92 Å². The first-order valence-corrected chi connectivity index (χ1v) is 13.3. The van der Waals surface area contributed by atoms with Crippen molar-refractivity contribution in [1.82, 2.24) is 9.21 Å². The van der Waals surface area contributed by atoms with Gasteiger partial charge in [0.1, 0.15) is 0 Å². The molecule has 1 aromatic carbocycles. The zero-order chi connectivity index (χ0) is 18.9. The number of aryl methyl sites for hydroxylation is 1. The van der Waals surface area contributed by atoms with Gasteiger partial charge >= 0.3 is 0 Å². The first-order valence-electron chi connectivity index (χ1n) is 8.82. The molecule has 2 saturated heterocycles. The lowest BCUT2D eigenvalue weighted by atomic mass is 10.1. The van der Waals surface area contributed by atoms with Gasteiger partial charge in [-0.25, -0.2) is 16.8 Å². The first-order chi connectivity index (χ1) is 12.2. The number of sulfonamides is 1. The van der Waals surface area contributed by atoms with Crippen LogP contribution in [0.1, 0.15) is 18.4 Å². The minimum absolute atomic E-state index is 0.0412. The first kappa shape index (κ1) is 20.1. The minimum atomic E-state index is -3.69. The highest BCUT2D eigenvalue weighted by atomic mass is 32.2. The summed E-state index contributed by atoms with van der Waals surface area (Å²) >= 11 is 1.98. The highest BCUT2D eigenvalue weighted by Gasteiger charge is 2.32. The Morgan fingerprint density at radius 3 is 2.35 bits per heavy atom. The van der Waals surface area contributed by atoms with E-state index in [2.05, 4.69) is 4.90 Å². The molecule has 2 heterocycles. The summed E-state index contributed by atoms with van der Waals surface area (Å²) in [5.74, 6) is 2.35. The standard InChI is InChI=1S/C17H26N2O4S3/c1-14-5-6-16(25(2,20)21)12-17(14)26(22,23)19-9-7-18(8-10-19)15-4-3-11-24-13-15/h5-6,12,15H,3-4,7-11,13H2,1-2H3/t15-/m0/s1. The summed E-state index contributed by atoms with van der Waals surface area (Å²) in [7, 11) is -7.14. The van der Waals surface area contributed by atoms with Crippen molar-refractivity contribution in [1.29, 1.82) is 0 Å². The van der Waals surface area contributed by atoms with Gasteiger partial charge in [0.15, 0.2) is 9.84 Å². The van der Waals surface area contributed by atoms with Crippen LogP contribution in [0.25, 0.3) is 0 Å². The maximum Gasteiger partial charge on any atom is 0.243 e. The number of rotatable bonds is 4. The summed E-state index contributed by atoms with van der Waals surface area (Å²) in [4.78, 5) is 2.54. The van der Waals surface area contributed by atoms with Crippen LogP contribution in [0.2, 0.25) is 0 Å². The smallest absolute Gasteiger partial charge is 0.243 e. The van der Waals surface area contributed by atoms with Gasteiger partial charge in [-0.2, -0.15) is 16.1 Å². The molecule has 0 spiro atoms. The zero-order valence-corrected chi connectivity index (χ0v) is 17.7. The molecule has 2 fully saturated rings. The van der Waals surface area contributed by atoms with Crippen molar-refractivity contribution in [3.05, 3.63) is 23.8 Å². The van der Waals surface area contributed by atoms with E-state index >= 15 is 0 Å². The Hall–Kier alpha value is -0.610. The van der Waals surface area contributed by atoms with Crippen molar-refractivity contribution in [2.45, 2.75) is 35.6 Å². The fourth-order valence-electron chi connectivity index (χ4n) is 3.55. The summed E-state index contributed by atoms with van der Waals surface area (Å²) in [6.07, 6.45) is 3.51. The molecule has 0 saturated carbocycles. The molecule has 26 heavy (non-hydrogen) atoms. The summed E-state index contributed by atoms with van der Waals surface area (Å²) in [5.41, 5.74) is 0.573. The molecular formula is C17H26N2O4S3. The van der Waals surface area contributed by atoms with Gasteiger partial charge in [-0.3, -0.25) is 4.90 Å². The lowest BCUT2D eigenvalue weighted by Crippen LogP contribution is -2.53. The molecular weight excluding hydrogens is 392 g/mol. The topological polar surface area (TPSA) is 74.8 Å². The van der Waals surface area contributed by atoms with E-state index in [-0.39, 0.29) is 9.79 Å². The van der Waals surface area contributed by atoms with E-state index in [0.29, 0.717) is 24.7 Å². The van der Waals surface area contributed by atoms with Crippen molar-refractivity contribution < 1.29 is 16.8 Å². The number of benzene rings is 1. The van der Waals surface area contributed by atoms with Crippen molar-refractivity contribution in [2.24, 2.45) is 0 Å². The summed E-state index contributed by atoms with van der Waals surface area (Å²) < 4.78 is 51.3. The van der Waals surface area contributed by atoms with E-state index in [1.54, 1.807) is 13.0 Å². The van der Waals surface area contributed by atoms with Crippen molar-refractivity contribution in [3.8, 4) is 0 Å². The SMILES string of the molecule is Cc1ccc(S(C)(=O)=O)cc1S(=O)(=O)N1CCN([C@H]2CCCSC2)CC1. The summed E-state index contributed by atoms with van der Waals surface area (Å²) in [6.45, 7) is 4.07. The number of thioether (sulfide) groups is 1. The minimum Gasteiger partial charge on any atom is -0.297 e. The number of hydrogen-bond acceptors (Lipinski definition) is 6. The van der Waals surface area contributed by atoms with Crippen LogP contribution in [0.15, 0.2) is 28.0 Å². The van der Waals surface area contributed by atoms with E-state index < -0.39 is 19.9 Å². The molecule has 9 heteroatoms. The average molecular weight is 419 g/mol.